The number of hydrogen-bond acceptors (Lipinski definition) is 2. The van der Waals surface area contributed by atoms with Gasteiger partial charge < -0.3 is 5.32 Å². The molecule has 3 rings (SSSR count). The largest absolute Gasteiger partial charge is 0.355 e. The molecular formula is C23H22ClNOS. The Balaban J connectivity index is 1.54. The van der Waals surface area contributed by atoms with Gasteiger partial charge >= 0.3 is 0 Å². The van der Waals surface area contributed by atoms with Crippen molar-refractivity contribution < 1.29 is 4.79 Å². The summed E-state index contributed by atoms with van der Waals surface area (Å²) in [7, 11) is 0. The van der Waals surface area contributed by atoms with E-state index in [0.29, 0.717) is 13.0 Å². The summed E-state index contributed by atoms with van der Waals surface area (Å²) in [5.41, 5.74) is 2.32. The molecule has 3 aromatic carbocycles. The first-order valence-corrected chi connectivity index (χ1v) is 10.3. The van der Waals surface area contributed by atoms with Crippen LogP contribution in [-0.4, -0.2) is 18.2 Å². The van der Waals surface area contributed by atoms with E-state index >= 15 is 0 Å². The Hall–Kier alpha value is -2.23. The average molecular weight is 396 g/mol. The quantitative estimate of drug-likeness (QED) is 0.387. The van der Waals surface area contributed by atoms with Crippen LogP contribution in [0.25, 0.3) is 0 Å². The number of carbonyl (C=O) groups is 1. The van der Waals surface area contributed by atoms with Crippen molar-refractivity contribution in [3.8, 4) is 0 Å². The lowest BCUT2D eigenvalue weighted by Crippen LogP contribution is -2.27. The van der Waals surface area contributed by atoms with Crippen molar-refractivity contribution in [1.82, 2.24) is 5.32 Å². The second kappa shape index (κ2) is 10.2. The molecule has 0 spiro atoms. The lowest BCUT2D eigenvalue weighted by Gasteiger charge is -2.18. The monoisotopic (exact) mass is 395 g/mol. The van der Waals surface area contributed by atoms with Gasteiger partial charge in [0.05, 0.1) is 0 Å². The maximum absolute atomic E-state index is 12.5. The van der Waals surface area contributed by atoms with Gasteiger partial charge in [0.2, 0.25) is 5.91 Å². The minimum absolute atomic E-state index is 0.0660. The van der Waals surface area contributed by atoms with Crippen LogP contribution >= 0.6 is 23.4 Å². The smallest absolute Gasteiger partial charge is 0.220 e. The summed E-state index contributed by atoms with van der Waals surface area (Å²) in [5, 5.41) is 3.79. The molecule has 3 aromatic rings. The second-order valence-electron chi connectivity index (χ2n) is 6.23. The van der Waals surface area contributed by atoms with Gasteiger partial charge in [-0.2, -0.15) is 0 Å². The molecule has 4 heteroatoms. The molecule has 0 saturated heterocycles. The highest BCUT2D eigenvalue weighted by Crippen LogP contribution is 2.27. The SMILES string of the molecule is O=C(CC(c1ccccc1)c1ccccc1)NCCSc1ccc(Cl)cc1. The Morgan fingerprint density at radius 1 is 0.852 bits per heavy atom. The Labute approximate surface area is 170 Å². The predicted molar refractivity (Wildman–Crippen MR) is 115 cm³/mol. The van der Waals surface area contributed by atoms with Crippen molar-refractivity contribution in [2.24, 2.45) is 0 Å². The van der Waals surface area contributed by atoms with Crippen LogP contribution in [0, 0.1) is 0 Å². The molecule has 0 fully saturated rings. The minimum Gasteiger partial charge on any atom is -0.355 e. The number of hydrogen-bond donors (Lipinski definition) is 1. The lowest BCUT2D eigenvalue weighted by molar-refractivity contribution is -0.121. The molecule has 27 heavy (non-hydrogen) atoms. The summed E-state index contributed by atoms with van der Waals surface area (Å²) in [6, 6.07) is 28.2. The number of thioether (sulfide) groups is 1. The predicted octanol–water partition coefficient (Wildman–Crippen LogP) is 5.77. The summed E-state index contributed by atoms with van der Waals surface area (Å²) in [4.78, 5) is 13.7. The van der Waals surface area contributed by atoms with Gasteiger partial charge in [-0.05, 0) is 35.4 Å². The number of nitrogens with one attached hydrogen (secondary N) is 1. The molecule has 1 N–H and O–H groups in total. The van der Waals surface area contributed by atoms with Gasteiger partial charge in [-0.25, -0.2) is 0 Å². The molecule has 0 aliphatic rings. The van der Waals surface area contributed by atoms with Gasteiger partial charge in [0.1, 0.15) is 0 Å². The molecule has 0 bridgehead atoms. The third-order valence-corrected chi connectivity index (χ3v) is 5.57. The van der Waals surface area contributed by atoms with Crippen LogP contribution in [0.2, 0.25) is 5.02 Å². The molecule has 0 aromatic heterocycles. The number of carbonyl (C=O) groups excluding carboxylic acids is 1. The first-order valence-electron chi connectivity index (χ1n) is 8.97. The van der Waals surface area contributed by atoms with Crippen molar-refractivity contribution in [3.63, 3.8) is 0 Å². The van der Waals surface area contributed by atoms with Crippen LogP contribution < -0.4 is 5.32 Å². The van der Waals surface area contributed by atoms with E-state index in [2.05, 4.69) is 29.6 Å². The van der Waals surface area contributed by atoms with E-state index in [4.69, 9.17) is 11.6 Å². The Morgan fingerprint density at radius 2 is 1.41 bits per heavy atom. The Bertz CT molecular complexity index is 798. The summed E-state index contributed by atoms with van der Waals surface area (Å²) in [6.45, 7) is 0.641. The van der Waals surface area contributed by atoms with Gasteiger partial charge in [-0.1, -0.05) is 72.3 Å². The molecule has 0 radical (unpaired) electrons. The normalized spacial score (nSPS) is 10.7. The summed E-state index contributed by atoms with van der Waals surface area (Å²) in [5.74, 6) is 0.968. The van der Waals surface area contributed by atoms with Crippen molar-refractivity contribution in [3.05, 3.63) is 101 Å². The first kappa shape index (κ1) is 19.5. The van der Waals surface area contributed by atoms with Gasteiger partial charge in [-0.3, -0.25) is 4.79 Å². The van der Waals surface area contributed by atoms with Crippen LogP contribution in [-0.2, 0) is 4.79 Å². The van der Waals surface area contributed by atoms with Gasteiger partial charge in [-0.15, -0.1) is 11.8 Å². The molecule has 0 aliphatic carbocycles. The zero-order chi connectivity index (χ0) is 18.9. The molecule has 0 saturated carbocycles. The van der Waals surface area contributed by atoms with Crippen LogP contribution in [0.5, 0.6) is 0 Å². The molecule has 0 unspecified atom stereocenters. The highest BCUT2D eigenvalue weighted by molar-refractivity contribution is 7.99. The molecule has 1 amide bonds. The van der Waals surface area contributed by atoms with Crippen LogP contribution in [0.4, 0.5) is 0 Å². The standard InChI is InChI=1S/C23H22ClNOS/c24-20-11-13-21(14-12-20)27-16-15-25-23(26)17-22(18-7-3-1-4-8-18)19-9-5-2-6-10-19/h1-14,22H,15-17H2,(H,25,26). The molecular weight excluding hydrogens is 374 g/mol. The summed E-state index contributed by atoms with van der Waals surface area (Å²) in [6.07, 6.45) is 0.444. The third-order valence-electron chi connectivity index (χ3n) is 4.30. The lowest BCUT2D eigenvalue weighted by atomic mass is 9.88. The van der Waals surface area contributed by atoms with Crippen molar-refractivity contribution in [1.29, 1.82) is 0 Å². The summed E-state index contributed by atoms with van der Waals surface area (Å²) < 4.78 is 0. The van der Waals surface area contributed by atoms with Gasteiger partial charge in [0.25, 0.3) is 0 Å². The highest BCUT2D eigenvalue weighted by atomic mass is 35.5. The van der Waals surface area contributed by atoms with Crippen molar-refractivity contribution in [2.75, 3.05) is 12.3 Å². The van der Waals surface area contributed by atoms with E-state index in [-0.39, 0.29) is 11.8 Å². The van der Waals surface area contributed by atoms with Crippen molar-refractivity contribution in [2.45, 2.75) is 17.2 Å². The fraction of sp³-hybridized carbons (Fsp3) is 0.174. The molecule has 138 valence electrons. The van der Waals surface area contributed by atoms with E-state index in [1.165, 1.54) is 0 Å². The maximum atomic E-state index is 12.5. The summed E-state index contributed by atoms with van der Waals surface area (Å²) >= 11 is 7.61. The van der Waals surface area contributed by atoms with E-state index in [0.717, 1.165) is 26.8 Å². The average Bonchev–Trinajstić information content (AvgIpc) is 2.72. The number of amides is 1. The van der Waals surface area contributed by atoms with Crippen molar-refractivity contribution >= 4 is 29.3 Å². The van der Waals surface area contributed by atoms with E-state index in [1.807, 2.05) is 60.7 Å². The number of rotatable bonds is 8. The maximum Gasteiger partial charge on any atom is 0.220 e. The fourth-order valence-electron chi connectivity index (χ4n) is 2.95. The number of halogens is 1. The third kappa shape index (κ3) is 6.16. The van der Waals surface area contributed by atoms with E-state index < -0.39 is 0 Å². The fourth-order valence-corrected chi connectivity index (χ4v) is 3.84. The highest BCUT2D eigenvalue weighted by Gasteiger charge is 2.17. The molecule has 0 atom stereocenters. The zero-order valence-electron chi connectivity index (χ0n) is 15.0. The van der Waals surface area contributed by atoms with E-state index in [9.17, 15) is 4.79 Å². The van der Waals surface area contributed by atoms with E-state index in [1.54, 1.807) is 11.8 Å². The molecule has 2 nitrogen and oxygen atoms in total. The molecule has 0 aliphatic heterocycles. The van der Waals surface area contributed by atoms with Gasteiger partial charge in [0.15, 0.2) is 0 Å². The molecule has 0 heterocycles. The minimum atomic E-state index is 0.0660. The van der Waals surface area contributed by atoms with Gasteiger partial charge in [0, 0.05) is 34.6 Å². The van der Waals surface area contributed by atoms with Crippen LogP contribution in [0.15, 0.2) is 89.8 Å². The van der Waals surface area contributed by atoms with Crippen LogP contribution in [0.3, 0.4) is 0 Å². The number of benzene rings is 3. The topological polar surface area (TPSA) is 29.1 Å². The van der Waals surface area contributed by atoms with Crippen LogP contribution in [0.1, 0.15) is 23.5 Å². The Kier molecular flexibility index (Phi) is 7.37. The Morgan fingerprint density at radius 3 is 1.96 bits per heavy atom. The first-order chi connectivity index (χ1) is 13.2. The second-order valence-corrected chi connectivity index (χ2v) is 7.84. The zero-order valence-corrected chi connectivity index (χ0v) is 16.5.